The molecule has 1 aromatic carbocycles. The van der Waals surface area contributed by atoms with Crippen LogP contribution in [0.1, 0.15) is 12.0 Å². The molecule has 1 heterocycles. The largest absolute Gasteiger partial charge is 0.395 e. The molecule has 1 aromatic rings. The van der Waals surface area contributed by atoms with Crippen LogP contribution in [0.5, 0.6) is 0 Å². The van der Waals surface area contributed by atoms with Crippen LogP contribution in [-0.4, -0.2) is 60.3 Å². The molecule has 2 N–H and O–H groups in total. The quantitative estimate of drug-likeness (QED) is 0.881. The number of rotatable bonds is 3. The number of aryl methyl sites for hydroxylation is 1. The Labute approximate surface area is 120 Å². The zero-order valence-electron chi connectivity index (χ0n) is 12.0. The molecule has 5 heteroatoms. The molecule has 0 bridgehead atoms. The second-order valence-electron chi connectivity index (χ2n) is 5.20. The standard InChI is InChI=1S/C15H23N3O2/c1-13-3-5-14(6-4-13)16-15(20)18-8-2-7-17(9-10-18)11-12-19/h3-6,19H,2,7-12H2,1H3,(H,16,20). The van der Waals surface area contributed by atoms with E-state index in [-0.39, 0.29) is 12.6 Å². The fourth-order valence-electron chi connectivity index (χ4n) is 2.38. The van der Waals surface area contributed by atoms with Gasteiger partial charge >= 0.3 is 6.03 Å². The Morgan fingerprint density at radius 3 is 2.65 bits per heavy atom. The van der Waals surface area contributed by atoms with E-state index in [0.717, 1.165) is 31.7 Å². The fraction of sp³-hybridized carbons (Fsp3) is 0.533. The lowest BCUT2D eigenvalue weighted by Gasteiger charge is -2.22. The number of carbonyl (C=O) groups is 1. The van der Waals surface area contributed by atoms with Gasteiger partial charge in [-0.3, -0.25) is 4.90 Å². The molecule has 0 aliphatic carbocycles. The molecular weight excluding hydrogens is 254 g/mol. The first-order chi connectivity index (χ1) is 9.69. The summed E-state index contributed by atoms with van der Waals surface area (Å²) in [5, 5.41) is 11.9. The summed E-state index contributed by atoms with van der Waals surface area (Å²) in [6, 6.07) is 7.77. The van der Waals surface area contributed by atoms with Crippen LogP contribution in [0.4, 0.5) is 10.5 Å². The second-order valence-corrected chi connectivity index (χ2v) is 5.20. The predicted molar refractivity (Wildman–Crippen MR) is 79.9 cm³/mol. The first-order valence-electron chi connectivity index (χ1n) is 7.15. The van der Waals surface area contributed by atoms with Crippen LogP contribution in [0.15, 0.2) is 24.3 Å². The van der Waals surface area contributed by atoms with Crippen molar-refractivity contribution in [3.8, 4) is 0 Å². The number of nitrogens with zero attached hydrogens (tertiary/aromatic N) is 2. The van der Waals surface area contributed by atoms with Crippen molar-refractivity contribution in [1.29, 1.82) is 0 Å². The lowest BCUT2D eigenvalue weighted by molar-refractivity contribution is 0.194. The highest BCUT2D eigenvalue weighted by atomic mass is 16.3. The maximum Gasteiger partial charge on any atom is 0.321 e. The van der Waals surface area contributed by atoms with E-state index in [1.54, 1.807) is 0 Å². The molecule has 0 spiro atoms. The third kappa shape index (κ3) is 4.21. The van der Waals surface area contributed by atoms with Gasteiger partial charge in [-0.25, -0.2) is 4.79 Å². The Morgan fingerprint density at radius 2 is 1.95 bits per heavy atom. The van der Waals surface area contributed by atoms with Gasteiger partial charge in [-0.15, -0.1) is 0 Å². The number of β-amino-alcohol motifs (C(OH)–C–C–N with tert-alkyl or cyclic N) is 1. The minimum Gasteiger partial charge on any atom is -0.395 e. The minimum atomic E-state index is -0.0419. The molecule has 20 heavy (non-hydrogen) atoms. The Kier molecular flexibility index (Phi) is 5.38. The molecule has 1 fully saturated rings. The molecule has 0 unspecified atom stereocenters. The van der Waals surface area contributed by atoms with Gasteiger partial charge in [0.05, 0.1) is 6.61 Å². The Balaban J connectivity index is 1.87. The summed E-state index contributed by atoms with van der Waals surface area (Å²) in [5.74, 6) is 0. The van der Waals surface area contributed by atoms with E-state index >= 15 is 0 Å². The topological polar surface area (TPSA) is 55.8 Å². The van der Waals surface area contributed by atoms with Gasteiger partial charge in [0.2, 0.25) is 0 Å². The van der Waals surface area contributed by atoms with Crippen LogP contribution >= 0.6 is 0 Å². The van der Waals surface area contributed by atoms with Crippen LogP contribution in [-0.2, 0) is 0 Å². The lowest BCUT2D eigenvalue weighted by atomic mass is 10.2. The zero-order valence-corrected chi connectivity index (χ0v) is 12.0. The first kappa shape index (κ1) is 14.8. The van der Waals surface area contributed by atoms with Gasteiger partial charge in [0, 0.05) is 31.9 Å². The third-order valence-corrected chi connectivity index (χ3v) is 3.59. The number of carbonyl (C=O) groups excluding carboxylic acids is 1. The van der Waals surface area contributed by atoms with E-state index in [2.05, 4.69) is 10.2 Å². The molecule has 1 aliphatic rings. The van der Waals surface area contributed by atoms with Gasteiger partial charge in [-0.2, -0.15) is 0 Å². The van der Waals surface area contributed by atoms with Crippen LogP contribution in [0.3, 0.4) is 0 Å². The van der Waals surface area contributed by atoms with Crippen LogP contribution < -0.4 is 5.32 Å². The number of hydrogen-bond acceptors (Lipinski definition) is 3. The van der Waals surface area contributed by atoms with E-state index in [1.165, 1.54) is 5.56 Å². The molecule has 5 nitrogen and oxygen atoms in total. The summed E-state index contributed by atoms with van der Waals surface area (Å²) < 4.78 is 0. The molecule has 1 aliphatic heterocycles. The van der Waals surface area contributed by atoms with E-state index in [1.807, 2.05) is 36.1 Å². The van der Waals surface area contributed by atoms with Gasteiger partial charge in [-0.1, -0.05) is 17.7 Å². The van der Waals surface area contributed by atoms with Crippen LogP contribution in [0.25, 0.3) is 0 Å². The number of benzene rings is 1. The van der Waals surface area contributed by atoms with Crippen molar-refractivity contribution in [2.75, 3.05) is 44.6 Å². The number of amides is 2. The number of hydrogen-bond donors (Lipinski definition) is 2. The zero-order chi connectivity index (χ0) is 14.4. The molecule has 0 radical (unpaired) electrons. The van der Waals surface area contributed by atoms with Crippen molar-refractivity contribution >= 4 is 11.7 Å². The Morgan fingerprint density at radius 1 is 1.20 bits per heavy atom. The third-order valence-electron chi connectivity index (χ3n) is 3.59. The molecule has 2 rings (SSSR count). The van der Waals surface area contributed by atoms with Crippen molar-refractivity contribution in [2.24, 2.45) is 0 Å². The summed E-state index contributed by atoms with van der Waals surface area (Å²) in [7, 11) is 0. The first-order valence-corrected chi connectivity index (χ1v) is 7.15. The number of anilines is 1. The summed E-state index contributed by atoms with van der Waals surface area (Å²) in [5.41, 5.74) is 2.01. The van der Waals surface area contributed by atoms with Crippen LogP contribution in [0.2, 0.25) is 0 Å². The minimum absolute atomic E-state index is 0.0419. The normalized spacial score (nSPS) is 16.8. The SMILES string of the molecule is Cc1ccc(NC(=O)N2CCCN(CCO)CC2)cc1. The predicted octanol–water partition coefficient (Wildman–Crippen LogP) is 1.53. The number of aliphatic hydroxyl groups is 1. The molecule has 2 amide bonds. The van der Waals surface area contributed by atoms with Gasteiger partial charge in [0.15, 0.2) is 0 Å². The van der Waals surface area contributed by atoms with E-state index in [4.69, 9.17) is 5.11 Å². The number of aliphatic hydroxyl groups excluding tert-OH is 1. The lowest BCUT2D eigenvalue weighted by Crippen LogP contribution is -2.38. The van der Waals surface area contributed by atoms with E-state index < -0.39 is 0 Å². The Bertz CT molecular complexity index is 433. The van der Waals surface area contributed by atoms with E-state index in [0.29, 0.717) is 13.1 Å². The van der Waals surface area contributed by atoms with Crippen LogP contribution in [0, 0.1) is 6.92 Å². The Hall–Kier alpha value is -1.59. The molecule has 0 aromatic heterocycles. The van der Waals surface area contributed by atoms with Crippen molar-refractivity contribution in [1.82, 2.24) is 9.80 Å². The van der Waals surface area contributed by atoms with Gasteiger partial charge in [0.25, 0.3) is 0 Å². The van der Waals surface area contributed by atoms with E-state index in [9.17, 15) is 4.79 Å². The second kappa shape index (κ2) is 7.26. The fourth-order valence-corrected chi connectivity index (χ4v) is 2.38. The summed E-state index contributed by atoms with van der Waals surface area (Å²) in [6.45, 7) is 6.12. The molecular formula is C15H23N3O2. The summed E-state index contributed by atoms with van der Waals surface area (Å²) in [4.78, 5) is 16.3. The van der Waals surface area contributed by atoms with Crippen molar-refractivity contribution in [3.63, 3.8) is 0 Å². The molecule has 110 valence electrons. The monoisotopic (exact) mass is 277 g/mol. The number of urea groups is 1. The molecule has 0 atom stereocenters. The maximum atomic E-state index is 12.2. The highest BCUT2D eigenvalue weighted by molar-refractivity contribution is 5.89. The average Bonchev–Trinajstić information content (AvgIpc) is 2.67. The molecule has 0 saturated carbocycles. The smallest absolute Gasteiger partial charge is 0.321 e. The highest BCUT2D eigenvalue weighted by Crippen LogP contribution is 2.11. The summed E-state index contributed by atoms with van der Waals surface area (Å²) >= 11 is 0. The van der Waals surface area contributed by atoms with Gasteiger partial charge in [0.1, 0.15) is 0 Å². The van der Waals surface area contributed by atoms with Crippen molar-refractivity contribution in [2.45, 2.75) is 13.3 Å². The highest BCUT2D eigenvalue weighted by Gasteiger charge is 2.18. The summed E-state index contributed by atoms with van der Waals surface area (Å²) in [6.07, 6.45) is 0.946. The molecule has 1 saturated heterocycles. The maximum absolute atomic E-state index is 12.2. The van der Waals surface area contributed by atoms with Gasteiger partial charge in [-0.05, 0) is 32.0 Å². The van der Waals surface area contributed by atoms with Crippen molar-refractivity contribution < 1.29 is 9.90 Å². The average molecular weight is 277 g/mol. The van der Waals surface area contributed by atoms with Crippen molar-refractivity contribution in [3.05, 3.63) is 29.8 Å². The van der Waals surface area contributed by atoms with Gasteiger partial charge < -0.3 is 15.3 Å². The number of nitrogens with one attached hydrogen (secondary N) is 1.